The summed E-state index contributed by atoms with van der Waals surface area (Å²) in [5.74, 6) is -0.812. The van der Waals surface area contributed by atoms with Gasteiger partial charge in [0.25, 0.3) is 11.7 Å². The molecule has 3 aromatic carbocycles. The lowest BCUT2D eigenvalue weighted by Crippen LogP contribution is -2.31. The molecular formula is C28H24BrNO7. The van der Waals surface area contributed by atoms with Gasteiger partial charge in [0.15, 0.2) is 23.0 Å². The molecule has 37 heavy (non-hydrogen) atoms. The molecular weight excluding hydrogens is 542 g/mol. The second-order valence-electron chi connectivity index (χ2n) is 8.64. The molecule has 0 bridgehead atoms. The van der Waals surface area contributed by atoms with Gasteiger partial charge in [0.2, 0.25) is 0 Å². The molecule has 0 radical (unpaired) electrons. The molecule has 1 unspecified atom stereocenters. The first-order valence-corrected chi connectivity index (χ1v) is 12.5. The Labute approximate surface area is 221 Å². The number of ketones is 1. The Kier molecular flexibility index (Phi) is 6.80. The monoisotopic (exact) mass is 565 g/mol. The van der Waals surface area contributed by atoms with Crippen molar-refractivity contribution in [3.05, 3.63) is 87.4 Å². The van der Waals surface area contributed by atoms with Crippen LogP contribution in [0.4, 0.5) is 0 Å². The first-order chi connectivity index (χ1) is 17.9. The summed E-state index contributed by atoms with van der Waals surface area (Å²) in [4.78, 5) is 28.1. The van der Waals surface area contributed by atoms with E-state index in [0.717, 1.165) is 5.56 Å². The molecule has 2 N–H and O–H groups in total. The summed E-state index contributed by atoms with van der Waals surface area (Å²) in [7, 11) is 1.41. The maximum absolute atomic E-state index is 13.4. The lowest BCUT2D eigenvalue weighted by molar-refractivity contribution is -0.139. The normalized spacial score (nSPS) is 18.2. The summed E-state index contributed by atoms with van der Waals surface area (Å²) >= 11 is 3.33. The van der Waals surface area contributed by atoms with Crippen LogP contribution < -0.4 is 14.2 Å². The van der Waals surface area contributed by atoms with Gasteiger partial charge in [0.05, 0.1) is 23.2 Å². The van der Waals surface area contributed by atoms with Gasteiger partial charge in [-0.15, -0.1) is 0 Å². The molecule has 1 fully saturated rings. The van der Waals surface area contributed by atoms with Gasteiger partial charge in [0.1, 0.15) is 19.0 Å². The number of likely N-dealkylation sites (tertiary alicyclic amines) is 1. The highest BCUT2D eigenvalue weighted by atomic mass is 79.9. The van der Waals surface area contributed by atoms with Crippen molar-refractivity contribution in [1.29, 1.82) is 0 Å². The van der Waals surface area contributed by atoms with E-state index in [1.54, 1.807) is 30.3 Å². The van der Waals surface area contributed by atoms with Crippen LogP contribution in [0.2, 0.25) is 0 Å². The number of carbonyl (C=O) groups excluding carboxylic acids is 2. The number of Topliss-reactive ketones (excluding diaryl/α,β-unsaturated/α-hetero) is 1. The van der Waals surface area contributed by atoms with Crippen molar-refractivity contribution >= 4 is 33.4 Å². The SMILES string of the molecule is COc1cc(C2/C(=C(\O)c3ccc4c(c3)OCCO4)C(=O)C(=O)N2CCc2ccccc2)cc(Br)c1O. The Balaban J connectivity index is 1.63. The van der Waals surface area contributed by atoms with Crippen LogP contribution in [0.3, 0.4) is 0 Å². The number of aliphatic hydroxyl groups excluding tert-OH is 1. The summed E-state index contributed by atoms with van der Waals surface area (Å²) in [6, 6.07) is 16.7. The van der Waals surface area contributed by atoms with E-state index in [4.69, 9.17) is 14.2 Å². The number of aromatic hydroxyl groups is 1. The number of fused-ring (bicyclic) bond motifs is 1. The van der Waals surface area contributed by atoms with Gasteiger partial charge < -0.3 is 29.3 Å². The second kappa shape index (κ2) is 10.2. The zero-order valence-corrected chi connectivity index (χ0v) is 21.5. The highest BCUT2D eigenvalue weighted by Gasteiger charge is 2.46. The lowest BCUT2D eigenvalue weighted by Gasteiger charge is -2.26. The van der Waals surface area contributed by atoms with Crippen molar-refractivity contribution < 1.29 is 34.0 Å². The van der Waals surface area contributed by atoms with Crippen LogP contribution in [0.5, 0.6) is 23.0 Å². The Morgan fingerprint density at radius 1 is 1.05 bits per heavy atom. The summed E-state index contributed by atoms with van der Waals surface area (Å²) < 4.78 is 16.8. The minimum absolute atomic E-state index is 0.0608. The molecule has 2 aliphatic rings. The van der Waals surface area contributed by atoms with E-state index in [-0.39, 0.29) is 29.4 Å². The van der Waals surface area contributed by atoms with Crippen LogP contribution in [-0.4, -0.2) is 53.7 Å². The van der Waals surface area contributed by atoms with E-state index in [1.807, 2.05) is 30.3 Å². The van der Waals surface area contributed by atoms with Crippen molar-refractivity contribution in [2.45, 2.75) is 12.5 Å². The van der Waals surface area contributed by atoms with E-state index in [2.05, 4.69) is 15.9 Å². The summed E-state index contributed by atoms with van der Waals surface area (Å²) in [6.45, 7) is 1.02. The van der Waals surface area contributed by atoms with E-state index in [9.17, 15) is 19.8 Å². The predicted molar refractivity (Wildman–Crippen MR) is 139 cm³/mol. The maximum atomic E-state index is 13.4. The third-order valence-electron chi connectivity index (χ3n) is 6.43. The highest BCUT2D eigenvalue weighted by Crippen LogP contribution is 2.45. The van der Waals surface area contributed by atoms with Gasteiger partial charge in [-0.2, -0.15) is 0 Å². The molecule has 0 aliphatic carbocycles. The van der Waals surface area contributed by atoms with Crippen LogP contribution in [0.15, 0.2) is 70.7 Å². The number of rotatable bonds is 6. The number of phenols is 1. The molecule has 2 heterocycles. The van der Waals surface area contributed by atoms with Crippen LogP contribution in [0, 0.1) is 0 Å². The van der Waals surface area contributed by atoms with E-state index < -0.39 is 17.7 Å². The quantitative estimate of drug-likeness (QED) is 0.255. The molecule has 8 nitrogen and oxygen atoms in total. The van der Waals surface area contributed by atoms with Crippen molar-refractivity contribution in [3.8, 4) is 23.0 Å². The molecule has 0 saturated carbocycles. The van der Waals surface area contributed by atoms with Crippen LogP contribution in [-0.2, 0) is 16.0 Å². The fraction of sp³-hybridized carbons (Fsp3) is 0.214. The van der Waals surface area contributed by atoms with Gasteiger partial charge in [-0.25, -0.2) is 0 Å². The first-order valence-electron chi connectivity index (χ1n) is 11.7. The molecule has 190 valence electrons. The van der Waals surface area contributed by atoms with Crippen LogP contribution in [0.1, 0.15) is 22.7 Å². The maximum Gasteiger partial charge on any atom is 0.295 e. The number of hydrogen-bond acceptors (Lipinski definition) is 7. The van der Waals surface area contributed by atoms with E-state index >= 15 is 0 Å². The zero-order chi connectivity index (χ0) is 26.1. The molecule has 1 amide bonds. The number of nitrogens with zero attached hydrogens (tertiary/aromatic N) is 1. The molecule has 5 rings (SSSR count). The second-order valence-corrected chi connectivity index (χ2v) is 9.49. The number of methoxy groups -OCH3 is 1. The molecule has 1 saturated heterocycles. The fourth-order valence-corrected chi connectivity index (χ4v) is 5.06. The number of halogens is 1. The van der Waals surface area contributed by atoms with E-state index in [1.165, 1.54) is 12.0 Å². The van der Waals surface area contributed by atoms with Gasteiger partial charge >= 0.3 is 0 Å². The molecule has 2 aliphatic heterocycles. The topological polar surface area (TPSA) is 106 Å². The number of benzene rings is 3. The third-order valence-corrected chi connectivity index (χ3v) is 7.03. The van der Waals surface area contributed by atoms with Gasteiger partial charge in [-0.1, -0.05) is 30.3 Å². The average molecular weight is 566 g/mol. The van der Waals surface area contributed by atoms with Crippen molar-refractivity contribution in [3.63, 3.8) is 0 Å². The number of phenolic OH excluding ortho intramolecular Hbond substituents is 1. The Morgan fingerprint density at radius 2 is 1.78 bits per heavy atom. The summed E-state index contributed by atoms with van der Waals surface area (Å²) in [5.41, 5.74) is 1.75. The Morgan fingerprint density at radius 3 is 2.51 bits per heavy atom. The Hall–Kier alpha value is -3.98. The third kappa shape index (κ3) is 4.62. The number of carbonyl (C=O) groups is 2. The number of ether oxygens (including phenoxy) is 3. The fourth-order valence-electron chi connectivity index (χ4n) is 4.60. The van der Waals surface area contributed by atoms with Crippen molar-refractivity contribution in [2.75, 3.05) is 26.9 Å². The van der Waals surface area contributed by atoms with Crippen molar-refractivity contribution in [2.24, 2.45) is 0 Å². The molecule has 3 aromatic rings. The minimum Gasteiger partial charge on any atom is -0.507 e. The van der Waals surface area contributed by atoms with E-state index in [0.29, 0.717) is 46.7 Å². The molecule has 9 heteroatoms. The van der Waals surface area contributed by atoms with Gasteiger partial charge in [-0.05, 0) is 63.8 Å². The Bertz CT molecular complexity index is 1400. The van der Waals surface area contributed by atoms with Crippen LogP contribution in [0.25, 0.3) is 5.76 Å². The lowest BCUT2D eigenvalue weighted by atomic mass is 9.94. The highest BCUT2D eigenvalue weighted by molar-refractivity contribution is 9.10. The smallest absolute Gasteiger partial charge is 0.295 e. The van der Waals surface area contributed by atoms with Crippen LogP contribution >= 0.6 is 15.9 Å². The number of aliphatic hydroxyl groups is 1. The largest absolute Gasteiger partial charge is 0.507 e. The standard InChI is InChI=1S/C28H24BrNO7/c1-35-22-15-18(13-19(29)26(22)32)24-23(25(31)17-7-8-20-21(14-17)37-12-11-36-20)27(33)28(34)30(24)10-9-16-5-3-2-4-6-16/h2-8,13-15,24,31-32H,9-12H2,1H3/b25-23+. The summed E-state index contributed by atoms with van der Waals surface area (Å²) in [6.07, 6.45) is 0.505. The van der Waals surface area contributed by atoms with Gasteiger partial charge in [-0.3, -0.25) is 9.59 Å². The predicted octanol–water partition coefficient (Wildman–Crippen LogP) is 4.60. The molecule has 0 spiro atoms. The zero-order valence-electron chi connectivity index (χ0n) is 19.9. The molecule has 0 aromatic heterocycles. The number of amides is 1. The summed E-state index contributed by atoms with van der Waals surface area (Å²) in [5, 5.41) is 21.7. The first kappa shape index (κ1) is 24.7. The number of hydrogen-bond donors (Lipinski definition) is 2. The molecule has 1 atom stereocenters. The van der Waals surface area contributed by atoms with Gasteiger partial charge in [0, 0.05) is 12.1 Å². The average Bonchev–Trinajstić information content (AvgIpc) is 3.18. The van der Waals surface area contributed by atoms with Crippen molar-refractivity contribution in [1.82, 2.24) is 4.90 Å². The minimum atomic E-state index is -0.914.